The van der Waals surface area contributed by atoms with E-state index in [-0.39, 0.29) is 0 Å². The zero-order chi connectivity index (χ0) is 14.0. The van der Waals surface area contributed by atoms with Crippen LogP contribution in [0.4, 0.5) is 0 Å². The molecule has 1 spiro atoms. The molecule has 2 fully saturated rings. The molecule has 1 aromatic rings. The Hall–Kier alpha value is -0.450. The maximum Gasteiger partial charge on any atom is 0.0940 e. The number of hydrogen-bond donors (Lipinski definition) is 1. The Morgan fingerprint density at radius 1 is 1.40 bits per heavy atom. The van der Waals surface area contributed by atoms with Gasteiger partial charge in [-0.25, -0.2) is 4.98 Å². The molecule has 2 aliphatic rings. The SMILES string of the molecule is Cc1csc(CCN2CC3(CCCCC3)NCC2C)n1. The van der Waals surface area contributed by atoms with Crippen molar-refractivity contribution in [3.05, 3.63) is 16.1 Å². The molecule has 4 heteroatoms. The van der Waals surface area contributed by atoms with Crippen LogP contribution in [-0.4, -0.2) is 41.1 Å². The van der Waals surface area contributed by atoms with Gasteiger partial charge < -0.3 is 5.32 Å². The number of rotatable bonds is 3. The second-order valence-electron chi connectivity index (χ2n) is 6.67. The van der Waals surface area contributed by atoms with Gasteiger partial charge in [0.05, 0.1) is 5.01 Å². The van der Waals surface area contributed by atoms with Gasteiger partial charge in [0.25, 0.3) is 0 Å². The normalized spacial score (nSPS) is 27.0. The molecule has 1 saturated carbocycles. The van der Waals surface area contributed by atoms with Crippen molar-refractivity contribution < 1.29 is 0 Å². The van der Waals surface area contributed by atoms with E-state index in [1.807, 2.05) is 11.3 Å². The Labute approximate surface area is 126 Å². The van der Waals surface area contributed by atoms with Crippen LogP contribution in [0.1, 0.15) is 49.7 Å². The first-order valence-corrected chi connectivity index (χ1v) is 8.95. The highest BCUT2D eigenvalue weighted by atomic mass is 32.1. The summed E-state index contributed by atoms with van der Waals surface area (Å²) in [4.78, 5) is 7.29. The summed E-state index contributed by atoms with van der Waals surface area (Å²) in [5.74, 6) is 0. The Kier molecular flexibility index (Phi) is 4.43. The second-order valence-corrected chi connectivity index (χ2v) is 7.62. The third kappa shape index (κ3) is 3.23. The zero-order valence-corrected chi connectivity index (χ0v) is 13.6. The minimum atomic E-state index is 0.420. The van der Waals surface area contributed by atoms with Gasteiger partial charge in [-0.05, 0) is 26.7 Å². The minimum Gasteiger partial charge on any atom is -0.308 e. The molecule has 1 aromatic heterocycles. The van der Waals surface area contributed by atoms with E-state index in [1.165, 1.54) is 49.4 Å². The molecular formula is C16H27N3S. The molecule has 3 rings (SSSR count). The number of piperazine rings is 1. The summed E-state index contributed by atoms with van der Waals surface area (Å²) >= 11 is 1.81. The van der Waals surface area contributed by atoms with Crippen molar-refractivity contribution in [2.24, 2.45) is 0 Å². The van der Waals surface area contributed by atoms with Crippen molar-refractivity contribution in [2.75, 3.05) is 19.6 Å². The van der Waals surface area contributed by atoms with E-state index in [4.69, 9.17) is 0 Å². The lowest BCUT2D eigenvalue weighted by molar-refractivity contribution is 0.0637. The van der Waals surface area contributed by atoms with E-state index in [0.717, 1.165) is 19.5 Å². The van der Waals surface area contributed by atoms with E-state index >= 15 is 0 Å². The van der Waals surface area contributed by atoms with Crippen molar-refractivity contribution in [2.45, 2.75) is 64.0 Å². The van der Waals surface area contributed by atoms with Crippen LogP contribution in [-0.2, 0) is 6.42 Å². The Balaban J connectivity index is 1.59. The molecule has 0 amide bonds. The standard InChI is InChI=1S/C16H27N3S/c1-13-11-20-15(18-13)6-9-19-12-16(17-10-14(19)2)7-4-3-5-8-16/h11,14,17H,3-10,12H2,1-2H3. The van der Waals surface area contributed by atoms with Crippen molar-refractivity contribution >= 4 is 11.3 Å². The first kappa shape index (κ1) is 14.5. The van der Waals surface area contributed by atoms with Gasteiger partial charge >= 0.3 is 0 Å². The molecule has 1 unspecified atom stereocenters. The van der Waals surface area contributed by atoms with Crippen LogP contribution in [0.15, 0.2) is 5.38 Å². The monoisotopic (exact) mass is 293 g/mol. The summed E-state index contributed by atoms with van der Waals surface area (Å²) in [5, 5.41) is 7.32. The first-order chi connectivity index (χ1) is 9.67. The molecule has 1 atom stereocenters. The summed E-state index contributed by atoms with van der Waals surface area (Å²) in [5.41, 5.74) is 1.59. The van der Waals surface area contributed by atoms with Crippen molar-refractivity contribution in [1.82, 2.24) is 15.2 Å². The van der Waals surface area contributed by atoms with Gasteiger partial charge in [0.1, 0.15) is 0 Å². The molecule has 1 aliphatic carbocycles. The van der Waals surface area contributed by atoms with Crippen LogP contribution < -0.4 is 5.32 Å². The van der Waals surface area contributed by atoms with Crippen molar-refractivity contribution in [3.8, 4) is 0 Å². The predicted octanol–water partition coefficient (Wildman–Crippen LogP) is 2.99. The smallest absolute Gasteiger partial charge is 0.0940 e. The molecule has 20 heavy (non-hydrogen) atoms. The lowest BCUT2D eigenvalue weighted by Gasteiger charge is -2.49. The molecule has 3 nitrogen and oxygen atoms in total. The van der Waals surface area contributed by atoms with E-state index in [2.05, 4.69) is 34.4 Å². The van der Waals surface area contributed by atoms with Gasteiger partial charge in [-0.15, -0.1) is 11.3 Å². The molecule has 1 saturated heterocycles. The highest BCUT2D eigenvalue weighted by molar-refractivity contribution is 7.09. The van der Waals surface area contributed by atoms with E-state index in [9.17, 15) is 0 Å². The molecule has 1 N–H and O–H groups in total. The van der Waals surface area contributed by atoms with Gasteiger partial charge in [-0.2, -0.15) is 0 Å². The second kappa shape index (κ2) is 6.12. The van der Waals surface area contributed by atoms with Gasteiger partial charge in [-0.3, -0.25) is 4.90 Å². The molecule has 112 valence electrons. The first-order valence-electron chi connectivity index (χ1n) is 8.07. The van der Waals surface area contributed by atoms with Crippen LogP contribution in [0.5, 0.6) is 0 Å². The molecule has 0 radical (unpaired) electrons. The van der Waals surface area contributed by atoms with Gasteiger partial charge in [-0.1, -0.05) is 19.3 Å². The third-order valence-electron chi connectivity index (χ3n) is 4.99. The zero-order valence-electron chi connectivity index (χ0n) is 12.8. The fourth-order valence-electron chi connectivity index (χ4n) is 3.71. The highest BCUT2D eigenvalue weighted by Crippen LogP contribution is 2.31. The molecule has 0 aromatic carbocycles. The van der Waals surface area contributed by atoms with E-state index in [1.54, 1.807) is 0 Å². The lowest BCUT2D eigenvalue weighted by atomic mass is 9.79. The molecule has 0 bridgehead atoms. The van der Waals surface area contributed by atoms with Crippen LogP contribution in [0.3, 0.4) is 0 Å². The summed E-state index contributed by atoms with van der Waals surface area (Å²) in [7, 11) is 0. The van der Waals surface area contributed by atoms with E-state index < -0.39 is 0 Å². The van der Waals surface area contributed by atoms with Crippen molar-refractivity contribution in [1.29, 1.82) is 0 Å². The molecule has 2 heterocycles. The van der Waals surface area contributed by atoms with Crippen LogP contribution in [0.2, 0.25) is 0 Å². The Bertz CT molecular complexity index is 437. The lowest BCUT2D eigenvalue weighted by Crippen LogP contribution is -2.64. The van der Waals surface area contributed by atoms with Gasteiger partial charge in [0.15, 0.2) is 0 Å². The van der Waals surface area contributed by atoms with Gasteiger partial charge in [0, 0.05) is 48.7 Å². The van der Waals surface area contributed by atoms with Gasteiger partial charge in [0.2, 0.25) is 0 Å². The predicted molar refractivity (Wildman–Crippen MR) is 85.4 cm³/mol. The summed E-state index contributed by atoms with van der Waals surface area (Å²) < 4.78 is 0. The number of nitrogens with zero attached hydrogens (tertiary/aromatic N) is 2. The number of thiazole rings is 1. The van der Waals surface area contributed by atoms with E-state index in [0.29, 0.717) is 11.6 Å². The molecule has 1 aliphatic heterocycles. The summed E-state index contributed by atoms with van der Waals surface area (Å²) in [6.07, 6.45) is 8.08. The average Bonchev–Trinajstić information content (AvgIpc) is 2.87. The third-order valence-corrected chi connectivity index (χ3v) is 6.02. The quantitative estimate of drug-likeness (QED) is 0.928. The molecular weight excluding hydrogens is 266 g/mol. The largest absolute Gasteiger partial charge is 0.308 e. The fourth-order valence-corrected chi connectivity index (χ4v) is 4.48. The summed E-state index contributed by atoms with van der Waals surface area (Å²) in [6.45, 7) is 7.99. The number of hydrogen-bond acceptors (Lipinski definition) is 4. The fraction of sp³-hybridized carbons (Fsp3) is 0.812. The number of nitrogens with one attached hydrogen (secondary N) is 1. The average molecular weight is 293 g/mol. The highest BCUT2D eigenvalue weighted by Gasteiger charge is 2.38. The minimum absolute atomic E-state index is 0.420. The Morgan fingerprint density at radius 2 is 2.20 bits per heavy atom. The Morgan fingerprint density at radius 3 is 2.90 bits per heavy atom. The number of aryl methyl sites for hydroxylation is 1. The topological polar surface area (TPSA) is 28.2 Å². The van der Waals surface area contributed by atoms with Crippen molar-refractivity contribution in [3.63, 3.8) is 0 Å². The van der Waals surface area contributed by atoms with Crippen LogP contribution in [0.25, 0.3) is 0 Å². The summed E-state index contributed by atoms with van der Waals surface area (Å²) in [6, 6.07) is 0.656. The van der Waals surface area contributed by atoms with Crippen LogP contribution in [0, 0.1) is 6.92 Å². The van der Waals surface area contributed by atoms with Crippen LogP contribution >= 0.6 is 11.3 Å². The number of aromatic nitrogens is 1. The maximum absolute atomic E-state index is 4.60. The maximum atomic E-state index is 4.60.